The topological polar surface area (TPSA) is 26.3 Å². The van der Waals surface area contributed by atoms with E-state index >= 15 is 0 Å². The zero-order chi connectivity index (χ0) is 12.7. The van der Waals surface area contributed by atoms with Crippen molar-refractivity contribution in [1.29, 1.82) is 0 Å². The van der Waals surface area contributed by atoms with Crippen LogP contribution < -0.4 is 0 Å². The highest BCUT2D eigenvalue weighted by atomic mass is 16.5. The Hall–Kier alpha value is -1.83. The number of hydrogen-bond acceptors (Lipinski definition) is 2. The van der Waals surface area contributed by atoms with Crippen LogP contribution >= 0.6 is 0 Å². The average Bonchev–Trinajstić information content (AvgIpc) is 2.37. The normalized spacial score (nSPS) is 13.5. The second-order valence-electron chi connectivity index (χ2n) is 3.97. The first kappa shape index (κ1) is 13.2. The number of ether oxygens (including phenoxy) is 1. The lowest BCUT2D eigenvalue weighted by atomic mass is 10.0. The van der Waals surface area contributed by atoms with E-state index in [1.165, 1.54) is 0 Å². The van der Waals surface area contributed by atoms with Gasteiger partial charge in [0.15, 0.2) is 0 Å². The lowest BCUT2D eigenvalue weighted by molar-refractivity contribution is 0.0295. The maximum Gasteiger partial charge on any atom is 0.338 e. The number of carbonyl (C=O) groups is 1. The first-order valence-electron chi connectivity index (χ1n) is 5.68. The Morgan fingerprint density at radius 1 is 1.35 bits per heavy atom. The minimum atomic E-state index is -0.314. The molecule has 2 heteroatoms. The highest BCUT2D eigenvalue weighted by molar-refractivity contribution is 5.89. The summed E-state index contributed by atoms with van der Waals surface area (Å²) in [6.45, 7) is 9.39. The van der Waals surface area contributed by atoms with Crippen LogP contribution in [0.5, 0.6) is 0 Å². The number of carbonyl (C=O) groups excluding carboxylic acids is 1. The molecule has 0 heterocycles. The van der Waals surface area contributed by atoms with Gasteiger partial charge in [0.05, 0.1) is 5.56 Å². The molecule has 1 aromatic carbocycles. The van der Waals surface area contributed by atoms with Crippen molar-refractivity contribution in [3.63, 3.8) is 0 Å². The number of hydrogen-bond donors (Lipinski definition) is 0. The van der Waals surface area contributed by atoms with Crippen molar-refractivity contribution >= 4 is 5.97 Å². The quantitative estimate of drug-likeness (QED) is 0.551. The monoisotopic (exact) mass is 230 g/mol. The summed E-state index contributed by atoms with van der Waals surface area (Å²) in [6, 6.07) is 8.96. The molecule has 0 saturated heterocycles. The average molecular weight is 230 g/mol. The van der Waals surface area contributed by atoms with Crippen LogP contribution in [0, 0.1) is 5.92 Å². The fourth-order valence-corrected chi connectivity index (χ4v) is 1.56. The molecule has 0 amide bonds. The van der Waals surface area contributed by atoms with Gasteiger partial charge in [0, 0.05) is 5.92 Å². The van der Waals surface area contributed by atoms with Gasteiger partial charge in [0.25, 0.3) is 0 Å². The summed E-state index contributed by atoms with van der Waals surface area (Å²) < 4.78 is 5.40. The second-order valence-corrected chi connectivity index (χ2v) is 3.97. The minimum absolute atomic E-state index is 0.192. The largest absolute Gasteiger partial charge is 0.454 e. The molecule has 0 aromatic heterocycles. The van der Waals surface area contributed by atoms with Gasteiger partial charge in [-0.2, -0.15) is 0 Å². The first-order valence-corrected chi connectivity index (χ1v) is 5.68. The second kappa shape index (κ2) is 6.69. The van der Waals surface area contributed by atoms with E-state index in [0.717, 1.165) is 6.42 Å². The first-order chi connectivity index (χ1) is 8.19. The molecule has 1 rings (SSSR count). The van der Waals surface area contributed by atoms with E-state index < -0.39 is 0 Å². The van der Waals surface area contributed by atoms with E-state index in [1.54, 1.807) is 18.2 Å². The van der Waals surface area contributed by atoms with Crippen LogP contribution in [-0.4, -0.2) is 12.1 Å². The van der Waals surface area contributed by atoms with E-state index in [0.29, 0.717) is 5.56 Å². The Morgan fingerprint density at radius 2 is 2.00 bits per heavy atom. The molecule has 0 aliphatic carbocycles. The van der Waals surface area contributed by atoms with E-state index in [4.69, 9.17) is 4.74 Å². The lowest BCUT2D eigenvalue weighted by Gasteiger charge is -2.19. The van der Waals surface area contributed by atoms with Crippen molar-refractivity contribution in [2.24, 2.45) is 5.92 Å². The van der Waals surface area contributed by atoms with Gasteiger partial charge in [0.1, 0.15) is 6.10 Å². The van der Waals surface area contributed by atoms with Crippen molar-refractivity contribution in [2.45, 2.75) is 19.4 Å². The van der Waals surface area contributed by atoms with Crippen LogP contribution in [0.25, 0.3) is 0 Å². The molecule has 0 saturated carbocycles. The summed E-state index contributed by atoms with van der Waals surface area (Å²) in [6.07, 6.45) is 3.99. The Morgan fingerprint density at radius 3 is 2.53 bits per heavy atom. The van der Waals surface area contributed by atoms with Crippen LogP contribution in [0.15, 0.2) is 55.6 Å². The number of allylic oxidation sites excluding steroid dienone is 1. The molecular formula is C15H18O2. The molecule has 1 aromatic rings. The van der Waals surface area contributed by atoms with Crippen molar-refractivity contribution in [1.82, 2.24) is 0 Å². The summed E-state index contributed by atoms with van der Waals surface area (Å²) in [5.41, 5.74) is 0.560. The Bertz CT molecular complexity index is 381. The Balaban J connectivity index is 2.66. The predicted molar refractivity (Wildman–Crippen MR) is 69.8 cm³/mol. The molecule has 0 aliphatic rings. The van der Waals surface area contributed by atoms with Crippen LogP contribution in [0.2, 0.25) is 0 Å². The van der Waals surface area contributed by atoms with Crippen molar-refractivity contribution in [3.8, 4) is 0 Å². The lowest BCUT2D eigenvalue weighted by Crippen LogP contribution is -2.22. The van der Waals surface area contributed by atoms with Crippen LogP contribution in [-0.2, 0) is 4.74 Å². The number of rotatable bonds is 6. The van der Waals surface area contributed by atoms with E-state index in [2.05, 4.69) is 13.2 Å². The minimum Gasteiger partial charge on any atom is -0.454 e. The van der Waals surface area contributed by atoms with Gasteiger partial charge in [-0.05, 0) is 18.6 Å². The Kier molecular flexibility index (Phi) is 5.21. The standard InChI is InChI=1S/C15H18O2/c1-4-9-12(3)14(5-2)17-15(16)13-10-7-6-8-11-13/h4-8,10-12,14H,1-2,9H2,3H3. The molecule has 0 fully saturated rings. The van der Waals surface area contributed by atoms with Gasteiger partial charge in [-0.25, -0.2) is 4.79 Å². The molecule has 17 heavy (non-hydrogen) atoms. The third-order valence-electron chi connectivity index (χ3n) is 2.58. The molecule has 0 spiro atoms. The SMILES string of the molecule is C=CCC(C)C(C=C)OC(=O)c1ccccc1. The molecule has 0 N–H and O–H groups in total. The van der Waals surface area contributed by atoms with Gasteiger partial charge in [0.2, 0.25) is 0 Å². The predicted octanol–water partition coefficient (Wildman–Crippen LogP) is 3.61. The van der Waals surface area contributed by atoms with Gasteiger partial charge < -0.3 is 4.74 Å². The van der Waals surface area contributed by atoms with E-state index in [1.807, 2.05) is 31.2 Å². The summed E-state index contributed by atoms with van der Waals surface area (Å²) in [7, 11) is 0. The van der Waals surface area contributed by atoms with Gasteiger partial charge in [-0.1, -0.05) is 43.9 Å². The third kappa shape index (κ3) is 3.91. The Labute approximate surface area is 103 Å². The molecule has 2 atom stereocenters. The van der Waals surface area contributed by atoms with Crippen molar-refractivity contribution in [2.75, 3.05) is 0 Å². The smallest absolute Gasteiger partial charge is 0.338 e. The molecule has 2 nitrogen and oxygen atoms in total. The molecule has 0 bridgehead atoms. The van der Waals surface area contributed by atoms with E-state index in [9.17, 15) is 4.79 Å². The molecule has 90 valence electrons. The van der Waals surface area contributed by atoms with Gasteiger partial charge >= 0.3 is 5.97 Å². The third-order valence-corrected chi connectivity index (χ3v) is 2.58. The van der Waals surface area contributed by atoms with E-state index in [-0.39, 0.29) is 18.0 Å². The van der Waals surface area contributed by atoms with Crippen molar-refractivity contribution in [3.05, 3.63) is 61.2 Å². The fourth-order valence-electron chi connectivity index (χ4n) is 1.56. The zero-order valence-electron chi connectivity index (χ0n) is 10.1. The highest BCUT2D eigenvalue weighted by Crippen LogP contribution is 2.15. The maximum absolute atomic E-state index is 11.8. The van der Waals surface area contributed by atoms with Crippen molar-refractivity contribution < 1.29 is 9.53 Å². The number of esters is 1. The van der Waals surface area contributed by atoms with Gasteiger partial charge in [-0.15, -0.1) is 6.58 Å². The maximum atomic E-state index is 11.8. The van der Waals surface area contributed by atoms with Crippen LogP contribution in [0.3, 0.4) is 0 Å². The summed E-state index contributed by atoms with van der Waals surface area (Å²) in [5, 5.41) is 0. The summed E-state index contributed by atoms with van der Waals surface area (Å²) >= 11 is 0. The highest BCUT2D eigenvalue weighted by Gasteiger charge is 2.18. The molecular weight excluding hydrogens is 212 g/mol. The fraction of sp³-hybridized carbons (Fsp3) is 0.267. The molecule has 2 unspecified atom stereocenters. The van der Waals surface area contributed by atoms with Crippen LogP contribution in [0.4, 0.5) is 0 Å². The molecule has 0 aliphatic heterocycles. The zero-order valence-corrected chi connectivity index (χ0v) is 10.1. The molecule has 0 radical (unpaired) electrons. The number of benzene rings is 1. The van der Waals surface area contributed by atoms with Crippen LogP contribution in [0.1, 0.15) is 23.7 Å². The summed E-state index contributed by atoms with van der Waals surface area (Å²) in [5.74, 6) is -0.121. The van der Waals surface area contributed by atoms with Gasteiger partial charge in [-0.3, -0.25) is 0 Å². The summed E-state index contributed by atoms with van der Waals surface area (Å²) in [4.78, 5) is 11.8.